The second-order valence-electron chi connectivity index (χ2n) is 14.2. The minimum Gasteiger partial charge on any atom is -0.350 e. The lowest BCUT2D eigenvalue weighted by atomic mass is 9.49. The fourth-order valence-corrected chi connectivity index (χ4v) is 11.2. The van der Waals surface area contributed by atoms with Crippen LogP contribution in [0.5, 0.6) is 0 Å². The van der Waals surface area contributed by atoms with Gasteiger partial charge in [-0.15, -0.1) is 0 Å². The Balaban J connectivity index is 1.11. The largest absolute Gasteiger partial charge is 0.350 e. The molecule has 4 nitrogen and oxygen atoms in total. The fraction of sp³-hybridized carbons (Fsp3) is 0.897. The number of rotatable bonds is 2. The number of fused-ring (bicyclic) bond motifs is 5. The average Bonchev–Trinajstić information content (AvgIpc) is 3.10. The van der Waals surface area contributed by atoms with Gasteiger partial charge in [-0.05, 0) is 112 Å². The quantitative estimate of drug-likeness (QED) is 0.617. The number of Topliss-reactive ketones (excluding diaryl/α,β-unsaturated/α-hetero) is 1. The summed E-state index contributed by atoms with van der Waals surface area (Å²) in [6.07, 6.45) is 15.0. The van der Waals surface area contributed by atoms with E-state index in [2.05, 4.69) is 19.2 Å². The molecule has 1 heterocycles. The average molecular weight is 451 g/mol. The van der Waals surface area contributed by atoms with E-state index in [9.17, 15) is 9.59 Å². The number of carbonyl (C=O) groups is 2. The fourth-order valence-electron chi connectivity index (χ4n) is 11.2. The Labute approximate surface area is 199 Å². The Morgan fingerprint density at radius 1 is 0.939 bits per heavy atom. The molecular formula is C29H42N2O2. The third kappa shape index (κ3) is 2.97. The molecular weight excluding hydrogens is 408 g/mol. The van der Waals surface area contributed by atoms with E-state index in [-0.39, 0.29) is 22.3 Å². The van der Waals surface area contributed by atoms with Crippen molar-refractivity contribution in [3.8, 4) is 0 Å². The highest BCUT2D eigenvalue weighted by molar-refractivity contribution is 6.07. The Hall–Kier alpha value is -1.19. The number of carbonyl (C=O) groups excluding carboxylic acids is 2. The van der Waals surface area contributed by atoms with Crippen LogP contribution < -0.4 is 5.32 Å². The third-order valence-corrected chi connectivity index (χ3v) is 12.4. The molecule has 7 saturated carbocycles. The molecule has 3 unspecified atom stereocenters. The van der Waals surface area contributed by atoms with E-state index in [1.807, 2.05) is 0 Å². The molecule has 7 aliphatic carbocycles. The minimum absolute atomic E-state index is 0.123. The van der Waals surface area contributed by atoms with Crippen molar-refractivity contribution in [1.82, 2.24) is 5.32 Å². The van der Waals surface area contributed by atoms with Crippen LogP contribution in [0.2, 0.25) is 0 Å². The van der Waals surface area contributed by atoms with E-state index in [0.29, 0.717) is 35.9 Å². The molecule has 1 N–H and O–H groups in total. The van der Waals surface area contributed by atoms with Crippen molar-refractivity contribution in [3.05, 3.63) is 0 Å². The first-order valence-corrected chi connectivity index (χ1v) is 14.2. The van der Waals surface area contributed by atoms with E-state index >= 15 is 0 Å². The van der Waals surface area contributed by atoms with Crippen LogP contribution in [0, 0.1) is 52.3 Å². The monoisotopic (exact) mass is 450 g/mol. The van der Waals surface area contributed by atoms with Crippen LogP contribution in [-0.4, -0.2) is 29.5 Å². The highest BCUT2D eigenvalue weighted by Crippen LogP contribution is 2.64. The van der Waals surface area contributed by atoms with Crippen LogP contribution in [0.4, 0.5) is 0 Å². The van der Waals surface area contributed by atoms with Gasteiger partial charge in [0.15, 0.2) is 0 Å². The molecule has 8 aliphatic rings. The normalized spacial score (nSPS) is 54.3. The van der Waals surface area contributed by atoms with Crippen LogP contribution in [0.3, 0.4) is 0 Å². The molecule has 8 rings (SSSR count). The molecule has 33 heavy (non-hydrogen) atoms. The van der Waals surface area contributed by atoms with Gasteiger partial charge < -0.3 is 5.32 Å². The molecule has 4 bridgehead atoms. The van der Waals surface area contributed by atoms with Crippen molar-refractivity contribution >= 4 is 17.4 Å². The summed E-state index contributed by atoms with van der Waals surface area (Å²) in [6, 6.07) is 0. The van der Waals surface area contributed by atoms with E-state index < -0.39 is 0 Å². The van der Waals surface area contributed by atoms with E-state index in [4.69, 9.17) is 4.99 Å². The topological polar surface area (TPSA) is 58.5 Å². The summed E-state index contributed by atoms with van der Waals surface area (Å²) in [6.45, 7) is 5.76. The van der Waals surface area contributed by atoms with Crippen molar-refractivity contribution in [1.29, 1.82) is 0 Å². The summed E-state index contributed by atoms with van der Waals surface area (Å²) in [5.41, 5.74) is 1.58. The zero-order valence-electron chi connectivity index (χ0n) is 20.7. The minimum atomic E-state index is 0.123. The number of hydrogen-bond donors (Lipinski definition) is 1. The molecule has 0 spiro atoms. The van der Waals surface area contributed by atoms with Gasteiger partial charge in [0.2, 0.25) is 5.91 Å². The molecule has 0 saturated heterocycles. The molecule has 0 radical (unpaired) electrons. The zero-order valence-corrected chi connectivity index (χ0v) is 20.7. The van der Waals surface area contributed by atoms with Crippen LogP contribution in [0.15, 0.2) is 4.99 Å². The Morgan fingerprint density at radius 3 is 2.33 bits per heavy atom. The summed E-state index contributed by atoms with van der Waals surface area (Å²) in [7, 11) is 0. The van der Waals surface area contributed by atoms with E-state index in [1.54, 1.807) is 0 Å². The standard InChI is InChI=1S/C29H42N2O2/c1-27-8-6-23-21(16-30-25-12-20(32)5-7-28(23,25)2)22(27)3-4-24(27)26(33)31-29-13-17-9-18(14-29)11-19(10-17)15-29/h17-19,21-24H,3-16H2,1-2H3,(H,31,33)/t17?,18?,19?,21?,22?,23?,24-,27+,28-,29?/m1/s1. The first-order chi connectivity index (χ1) is 15.8. The van der Waals surface area contributed by atoms with Crippen LogP contribution in [0.1, 0.15) is 97.3 Å². The first kappa shape index (κ1) is 21.1. The summed E-state index contributed by atoms with van der Waals surface area (Å²) in [5.74, 6) is 5.45. The van der Waals surface area contributed by atoms with Gasteiger partial charge in [0.25, 0.3) is 0 Å². The van der Waals surface area contributed by atoms with Gasteiger partial charge in [-0.25, -0.2) is 0 Å². The maximum absolute atomic E-state index is 13.9. The van der Waals surface area contributed by atoms with Crippen molar-refractivity contribution < 1.29 is 9.59 Å². The van der Waals surface area contributed by atoms with Crippen molar-refractivity contribution in [2.75, 3.05) is 6.54 Å². The van der Waals surface area contributed by atoms with Gasteiger partial charge in [0, 0.05) is 42.0 Å². The summed E-state index contributed by atoms with van der Waals surface area (Å²) >= 11 is 0. The van der Waals surface area contributed by atoms with Crippen molar-refractivity contribution in [3.63, 3.8) is 0 Å². The molecule has 180 valence electrons. The molecule has 0 aromatic rings. The van der Waals surface area contributed by atoms with Crippen LogP contribution >= 0.6 is 0 Å². The Morgan fingerprint density at radius 2 is 1.64 bits per heavy atom. The van der Waals surface area contributed by atoms with Crippen molar-refractivity contribution in [2.24, 2.45) is 57.2 Å². The van der Waals surface area contributed by atoms with Gasteiger partial charge in [0.05, 0.1) is 0 Å². The first-order valence-electron chi connectivity index (χ1n) is 14.2. The highest BCUT2D eigenvalue weighted by atomic mass is 16.2. The second kappa shape index (κ2) is 6.94. The van der Waals surface area contributed by atoms with Gasteiger partial charge in [-0.1, -0.05) is 13.8 Å². The summed E-state index contributed by atoms with van der Waals surface area (Å²) in [5, 5.41) is 3.75. The number of ketones is 1. The zero-order chi connectivity index (χ0) is 22.6. The van der Waals surface area contributed by atoms with Gasteiger partial charge in [-0.2, -0.15) is 0 Å². The van der Waals surface area contributed by atoms with E-state index in [1.165, 1.54) is 63.5 Å². The Kier molecular flexibility index (Phi) is 4.44. The lowest BCUT2D eigenvalue weighted by molar-refractivity contribution is -0.137. The number of nitrogens with zero attached hydrogens (tertiary/aromatic N) is 1. The third-order valence-electron chi connectivity index (χ3n) is 12.4. The van der Waals surface area contributed by atoms with E-state index in [0.717, 1.165) is 43.6 Å². The highest BCUT2D eigenvalue weighted by Gasteiger charge is 2.61. The maximum atomic E-state index is 13.9. The molecule has 0 aromatic heterocycles. The van der Waals surface area contributed by atoms with Gasteiger partial charge in [0.1, 0.15) is 5.78 Å². The Bertz CT molecular complexity index is 887. The number of nitrogens with one attached hydrogen (secondary N) is 1. The molecule has 1 aliphatic heterocycles. The predicted molar refractivity (Wildman–Crippen MR) is 129 cm³/mol. The van der Waals surface area contributed by atoms with Crippen LogP contribution in [-0.2, 0) is 9.59 Å². The summed E-state index contributed by atoms with van der Waals surface area (Å²) in [4.78, 5) is 31.1. The van der Waals surface area contributed by atoms with Crippen LogP contribution in [0.25, 0.3) is 0 Å². The number of aliphatic imine (C=N–C) groups is 1. The molecule has 6 atom stereocenters. The number of amides is 1. The molecule has 0 aromatic carbocycles. The van der Waals surface area contributed by atoms with Gasteiger partial charge in [-0.3, -0.25) is 14.6 Å². The second-order valence-corrected chi connectivity index (χ2v) is 14.2. The molecule has 1 amide bonds. The van der Waals surface area contributed by atoms with Crippen molar-refractivity contribution in [2.45, 2.75) is 103 Å². The SMILES string of the molecule is C[C@]12CCC(=O)CC1=NCC1C2CC[C@@]2(C)C1CC[C@@H]2C(=O)NC12CC3CC(CC(C3)C1)C2. The predicted octanol–water partition coefficient (Wildman–Crippen LogP) is 5.34. The van der Waals surface area contributed by atoms with Gasteiger partial charge >= 0.3 is 0 Å². The smallest absolute Gasteiger partial charge is 0.224 e. The maximum Gasteiger partial charge on any atom is 0.224 e. The number of hydrogen-bond acceptors (Lipinski definition) is 3. The summed E-state index contributed by atoms with van der Waals surface area (Å²) < 4.78 is 0. The lowest BCUT2D eigenvalue weighted by Crippen LogP contribution is -2.61. The molecule has 4 heteroatoms. The lowest BCUT2D eigenvalue weighted by Gasteiger charge is -2.58. The molecule has 7 fully saturated rings.